The smallest absolute Gasteiger partial charge is 0.238 e. The molecule has 4 heterocycles. The molecular weight excluding hydrogens is 520 g/mol. The number of carbonyl (C=O) groups is 3. The number of nitrogens with zero attached hydrogens (tertiary/aromatic N) is 1. The van der Waals surface area contributed by atoms with Gasteiger partial charge in [0.25, 0.3) is 0 Å². The van der Waals surface area contributed by atoms with E-state index in [0.717, 1.165) is 22.4 Å². The van der Waals surface area contributed by atoms with E-state index < -0.39 is 23.4 Å². The molecule has 3 aliphatic heterocycles. The summed E-state index contributed by atoms with van der Waals surface area (Å²) in [5.74, 6) is -1.00. The van der Waals surface area contributed by atoms with E-state index in [-0.39, 0.29) is 17.5 Å². The Morgan fingerprint density at radius 1 is 0.925 bits per heavy atom. The van der Waals surface area contributed by atoms with Crippen molar-refractivity contribution in [2.45, 2.75) is 24.4 Å². The molecule has 1 fully saturated rings. The number of ether oxygens (including phenoxy) is 1. The van der Waals surface area contributed by atoms with E-state index in [4.69, 9.17) is 4.74 Å². The number of ketones is 2. The second-order valence-electron chi connectivity index (χ2n) is 10.4. The number of benzene rings is 3. The molecule has 4 atom stereocenters. The highest BCUT2D eigenvalue weighted by molar-refractivity contribution is 7.12. The largest absolute Gasteiger partial charge is 0.497 e. The number of para-hydroxylation sites is 2. The average molecular weight is 547 g/mol. The Morgan fingerprint density at radius 3 is 2.42 bits per heavy atom. The molecule has 1 N–H and O–H groups in total. The summed E-state index contributed by atoms with van der Waals surface area (Å²) in [6.07, 6.45) is 2.07. The SMILES string of the molecule is COc1ccc(C(=O)C2C(C(=O)c3cccs3)C3(C(=O)Nc4ccccc43)C3C=C(C)c4ccccc4N23)cc1. The molecule has 0 radical (unpaired) electrons. The third kappa shape index (κ3) is 3.24. The van der Waals surface area contributed by atoms with Crippen LogP contribution in [0.25, 0.3) is 5.57 Å². The Balaban J connectivity index is 1.54. The lowest BCUT2D eigenvalue weighted by Crippen LogP contribution is -2.51. The lowest BCUT2D eigenvalue weighted by Gasteiger charge is -2.39. The summed E-state index contributed by atoms with van der Waals surface area (Å²) in [4.78, 5) is 46.2. The minimum atomic E-state index is -1.31. The summed E-state index contributed by atoms with van der Waals surface area (Å²) >= 11 is 1.33. The summed E-state index contributed by atoms with van der Waals surface area (Å²) in [6.45, 7) is 2.03. The number of hydrogen-bond acceptors (Lipinski definition) is 6. The summed E-state index contributed by atoms with van der Waals surface area (Å²) in [7, 11) is 1.58. The summed E-state index contributed by atoms with van der Waals surface area (Å²) in [5.41, 5.74) is 3.42. The van der Waals surface area contributed by atoms with Crippen molar-refractivity contribution in [2.24, 2.45) is 5.92 Å². The van der Waals surface area contributed by atoms with Gasteiger partial charge in [0.15, 0.2) is 11.6 Å². The fraction of sp³-hybridized carbons (Fsp3) is 0.182. The van der Waals surface area contributed by atoms with Crippen molar-refractivity contribution in [1.82, 2.24) is 0 Å². The first-order valence-electron chi connectivity index (χ1n) is 13.2. The van der Waals surface area contributed by atoms with Crippen molar-refractivity contribution in [3.8, 4) is 5.75 Å². The molecular formula is C33H26N2O4S. The van der Waals surface area contributed by atoms with Crippen LogP contribution in [0.1, 0.15) is 38.1 Å². The van der Waals surface area contributed by atoms with Crippen molar-refractivity contribution in [3.63, 3.8) is 0 Å². The first-order valence-corrected chi connectivity index (χ1v) is 14.1. The molecule has 4 unspecified atom stereocenters. The van der Waals surface area contributed by atoms with E-state index in [1.807, 2.05) is 71.8 Å². The fourth-order valence-electron chi connectivity index (χ4n) is 6.89. The normalized spacial score (nSPS) is 24.1. The molecule has 0 aliphatic carbocycles. The molecule has 1 aromatic heterocycles. The molecule has 40 heavy (non-hydrogen) atoms. The lowest BCUT2D eigenvalue weighted by molar-refractivity contribution is -0.121. The lowest BCUT2D eigenvalue weighted by atomic mass is 9.64. The molecule has 7 heteroatoms. The van der Waals surface area contributed by atoms with Gasteiger partial charge < -0.3 is 15.0 Å². The van der Waals surface area contributed by atoms with E-state index in [1.54, 1.807) is 37.4 Å². The first kappa shape index (κ1) is 24.5. The van der Waals surface area contributed by atoms with E-state index in [1.165, 1.54) is 11.3 Å². The van der Waals surface area contributed by atoms with Gasteiger partial charge >= 0.3 is 0 Å². The quantitative estimate of drug-likeness (QED) is 0.311. The zero-order valence-corrected chi connectivity index (χ0v) is 22.8. The van der Waals surface area contributed by atoms with Gasteiger partial charge in [-0.25, -0.2) is 0 Å². The van der Waals surface area contributed by atoms with Crippen LogP contribution in [0.5, 0.6) is 5.75 Å². The van der Waals surface area contributed by atoms with Gasteiger partial charge in [0.05, 0.1) is 23.9 Å². The number of anilines is 2. The van der Waals surface area contributed by atoms with E-state index in [0.29, 0.717) is 21.9 Å². The Hall–Kier alpha value is -4.49. The number of fused-ring (bicyclic) bond motifs is 6. The Kier molecular flexibility index (Phi) is 5.54. The number of hydrogen-bond donors (Lipinski definition) is 1. The number of methoxy groups -OCH3 is 1. The molecule has 0 saturated carbocycles. The molecule has 3 aliphatic rings. The summed E-state index contributed by atoms with van der Waals surface area (Å²) < 4.78 is 5.32. The van der Waals surface area contributed by atoms with Gasteiger partial charge in [0, 0.05) is 22.5 Å². The molecule has 1 amide bonds. The molecule has 7 rings (SSSR count). The third-order valence-corrected chi connectivity index (χ3v) is 9.46. The van der Waals surface area contributed by atoms with Crippen molar-refractivity contribution < 1.29 is 19.1 Å². The molecule has 198 valence electrons. The third-order valence-electron chi connectivity index (χ3n) is 8.57. The standard InChI is InChI=1S/C33H26N2O4S/c1-19-18-27-33(23-9-4-5-10-24(23)34-32(33)38)28(31(37)26-12-7-17-40-26)29(35(27)25-11-6-3-8-22(19)25)30(36)20-13-15-21(39-2)16-14-20/h3-18,27-29H,1-2H3,(H,34,38). The number of amides is 1. The predicted molar refractivity (Wildman–Crippen MR) is 156 cm³/mol. The van der Waals surface area contributed by atoms with Crippen LogP contribution in [0.2, 0.25) is 0 Å². The number of carbonyl (C=O) groups excluding carboxylic acids is 3. The summed E-state index contributed by atoms with van der Waals surface area (Å²) in [6, 6.07) is 24.6. The van der Waals surface area contributed by atoms with Gasteiger partial charge in [-0.3, -0.25) is 14.4 Å². The van der Waals surface area contributed by atoms with E-state index in [2.05, 4.69) is 11.4 Å². The highest BCUT2D eigenvalue weighted by atomic mass is 32.1. The maximum atomic E-state index is 14.7. The Bertz CT molecular complexity index is 1710. The minimum Gasteiger partial charge on any atom is -0.497 e. The van der Waals surface area contributed by atoms with E-state index >= 15 is 0 Å². The fourth-order valence-corrected chi connectivity index (χ4v) is 7.59. The van der Waals surface area contributed by atoms with Crippen LogP contribution < -0.4 is 15.0 Å². The second-order valence-corrected chi connectivity index (χ2v) is 11.4. The molecule has 0 bridgehead atoms. The van der Waals surface area contributed by atoms with Gasteiger partial charge in [-0.1, -0.05) is 48.5 Å². The van der Waals surface area contributed by atoms with Gasteiger partial charge in [-0.15, -0.1) is 11.3 Å². The van der Waals surface area contributed by atoms with Crippen molar-refractivity contribution in [2.75, 3.05) is 17.3 Å². The van der Waals surface area contributed by atoms with Crippen LogP contribution in [-0.4, -0.2) is 36.7 Å². The number of nitrogens with one attached hydrogen (secondary N) is 1. The van der Waals surface area contributed by atoms with E-state index in [9.17, 15) is 14.4 Å². The van der Waals surface area contributed by atoms with Crippen molar-refractivity contribution in [3.05, 3.63) is 118 Å². The van der Waals surface area contributed by atoms with Crippen LogP contribution >= 0.6 is 11.3 Å². The molecule has 1 spiro atoms. The van der Waals surface area contributed by atoms with Gasteiger partial charge in [-0.05, 0) is 65.9 Å². The Labute approximate surface area is 235 Å². The molecule has 3 aromatic carbocycles. The van der Waals surface area contributed by atoms with Crippen molar-refractivity contribution in [1.29, 1.82) is 0 Å². The molecule has 6 nitrogen and oxygen atoms in total. The Morgan fingerprint density at radius 2 is 1.68 bits per heavy atom. The highest BCUT2D eigenvalue weighted by Gasteiger charge is 2.70. The zero-order valence-electron chi connectivity index (χ0n) is 22.0. The van der Waals surface area contributed by atoms with Crippen molar-refractivity contribution >= 4 is 45.8 Å². The van der Waals surface area contributed by atoms with Crippen LogP contribution in [0, 0.1) is 5.92 Å². The number of allylic oxidation sites excluding steroid dienone is 1. The molecule has 4 aromatic rings. The van der Waals surface area contributed by atoms with Gasteiger partial charge in [0.1, 0.15) is 17.2 Å². The minimum absolute atomic E-state index is 0.202. The highest BCUT2D eigenvalue weighted by Crippen LogP contribution is 2.59. The maximum Gasteiger partial charge on any atom is 0.238 e. The van der Waals surface area contributed by atoms with Crippen LogP contribution in [-0.2, 0) is 10.2 Å². The number of thiophene rings is 1. The summed E-state index contributed by atoms with van der Waals surface area (Å²) in [5, 5.41) is 4.93. The predicted octanol–water partition coefficient (Wildman–Crippen LogP) is 6.00. The maximum absolute atomic E-state index is 14.7. The van der Waals surface area contributed by atoms with Gasteiger partial charge in [-0.2, -0.15) is 0 Å². The first-order chi connectivity index (χ1) is 19.5. The van der Waals surface area contributed by atoms with Crippen LogP contribution in [0.15, 0.2) is 96.4 Å². The molecule has 1 saturated heterocycles. The van der Waals surface area contributed by atoms with Gasteiger partial charge in [0.2, 0.25) is 5.91 Å². The number of rotatable bonds is 5. The van der Waals surface area contributed by atoms with Crippen LogP contribution in [0.3, 0.4) is 0 Å². The van der Waals surface area contributed by atoms with Crippen LogP contribution in [0.4, 0.5) is 11.4 Å². The monoisotopic (exact) mass is 546 g/mol. The second kappa shape index (κ2) is 9.03. The number of Topliss-reactive ketones (excluding diaryl/α,β-unsaturated/α-hetero) is 2. The zero-order chi connectivity index (χ0) is 27.6. The topological polar surface area (TPSA) is 75.7 Å². The average Bonchev–Trinajstić information content (AvgIpc) is 3.70.